The maximum Gasteiger partial charge on any atom is 0.289 e. The van der Waals surface area contributed by atoms with Gasteiger partial charge in [0.05, 0.1) is 18.1 Å². The average molecular weight is 349 g/mol. The Bertz CT molecular complexity index is 1020. The lowest BCUT2D eigenvalue weighted by atomic mass is 9.99. The van der Waals surface area contributed by atoms with Crippen molar-refractivity contribution in [3.8, 4) is 0 Å². The lowest BCUT2D eigenvalue weighted by Gasteiger charge is -2.28. The molecule has 1 amide bonds. The van der Waals surface area contributed by atoms with E-state index in [1.165, 1.54) is 17.2 Å². The monoisotopic (exact) mass is 349 g/mol. The molecule has 0 saturated heterocycles. The highest BCUT2D eigenvalue weighted by atomic mass is 16.5. The second-order valence-electron chi connectivity index (χ2n) is 6.56. The normalized spacial score (nSPS) is 16.3. The number of likely N-dealkylation sites (N-methyl/N-ethyl adjacent to an activating group) is 1. The van der Waals surface area contributed by atoms with Crippen molar-refractivity contribution < 1.29 is 13.9 Å². The molecular weight excluding hydrogens is 330 g/mol. The molecule has 0 saturated carbocycles. The number of carbonyl (C=O) groups is 1. The van der Waals surface area contributed by atoms with Crippen molar-refractivity contribution >= 4 is 16.9 Å². The van der Waals surface area contributed by atoms with Crippen molar-refractivity contribution in [3.63, 3.8) is 0 Å². The Hall–Kier alpha value is -2.92. The van der Waals surface area contributed by atoms with Crippen LogP contribution in [0.15, 0.2) is 63.8 Å². The van der Waals surface area contributed by atoms with Crippen LogP contribution < -0.4 is 5.43 Å². The van der Waals surface area contributed by atoms with Crippen LogP contribution in [0.25, 0.3) is 11.0 Å². The van der Waals surface area contributed by atoms with E-state index in [9.17, 15) is 9.59 Å². The molecule has 1 aromatic heterocycles. The molecule has 0 N–H and O–H groups in total. The first-order valence-corrected chi connectivity index (χ1v) is 8.58. The summed E-state index contributed by atoms with van der Waals surface area (Å²) in [6, 6.07) is 16.3. The van der Waals surface area contributed by atoms with Gasteiger partial charge in [-0.25, -0.2) is 0 Å². The van der Waals surface area contributed by atoms with Crippen LogP contribution >= 0.6 is 0 Å². The van der Waals surface area contributed by atoms with Crippen molar-refractivity contribution in [1.82, 2.24) is 4.90 Å². The van der Waals surface area contributed by atoms with Gasteiger partial charge in [-0.05, 0) is 23.3 Å². The van der Waals surface area contributed by atoms with E-state index in [4.69, 9.17) is 9.15 Å². The fourth-order valence-electron chi connectivity index (χ4n) is 3.31. The number of hydrogen-bond acceptors (Lipinski definition) is 4. The van der Waals surface area contributed by atoms with Crippen LogP contribution in [0.2, 0.25) is 0 Å². The van der Waals surface area contributed by atoms with Crippen LogP contribution in [0, 0.1) is 0 Å². The first-order chi connectivity index (χ1) is 12.6. The molecule has 0 fully saturated rings. The summed E-state index contributed by atoms with van der Waals surface area (Å²) in [4.78, 5) is 26.4. The van der Waals surface area contributed by atoms with Gasteiger partial charge in [0.25, 0.3) is 5.91 Å². The second kappa shape index (κ2) is 6.77. The van der Waals surface area contributed by atoms with E-state index in [0.717, 1.165) is 6.42 Å². The topological polar surface area (TPSA) is 59.8 Å². The van der Waals surface area contributed by atoms with Gasteiger partial charge in [0.15, 0.2) is 11.2 Å². The lowest BCUT2D eigenvalue weighted by Crippen LogP contribution is -2.38. The minimum Gasteiger partial charge on any atom is -0.451 e. The Morgan fingerprint density at radius 3 is 2.69 bits per heavy atom. The summed E-state index contributed by atoms with van der Waals surface area (Å²) >= 11 is 0. The Kier molecular flexibility index (Phi) is 4.31. The van der Waals surface area contributed by atoms with E-state index in [0.29, 0.717) is 24.1 Å². The van der Waals surface area contributed by atoms with Crippen molar-refractivity contribution in [3.05, 3.63) is 81.7 Å². The quantitative estimate of drug-likeness (QED) is 0.729. The number of hydrogen-bond donors (Lipinski definition) is 0. The molecule has 0 radical (unpaired) electrons. The van der Waals surface area contributed by atoms with Crippen LogP contribution in [0.1, 0.15) is 21.7 Å². The second-order valence-corrected chi connectivity index (χ2v) is 6.56. The summed E-state index contributed by atoms with van der Waals surface area (Å²) in [6.07, 6.45) is 0.682. The molecule has 4 rings (SSSR count). The third-order valence-electron chi connectivity index (χ3n) is 4.71. The molecule has 5 heteroatoms. The third-order valence-corrected chi connectivity index (χ3v) is 4.71. The predicted octanol–water partition coefficient (Wildman–Crippen LogP) is 3.01. The minimum absolute atomic E-state index is 0.0485. The molecule has 3 aromatic rings. The third kappa shape index (κ3) is 3.13. The summed E-state index contributed by atoms with van der Waals surface area (Å²) in [6.45, 7) is 0.984. The minimum atomic E-state index is -0.324. The Morgan fingerprint density at radius 1 is 1.12 bits per heavy atom. The predicted molar refractivity (Wildman–Crippen MR) is 98.2 cm³/mol. The number of benzene rings is 2. The number of nitrogens with zero attached hydrogens (tertiary/aromatic N) is 1. The number of carbonyl (C=O) groups excluding carboxylic acids is 1. The van der Waals surface area contributed by atoms with Gasteiger partial charge < -0.3 is 14.1 Å². The number of fused-ring (bicyclic) bond motifs is 2. The van der Waals surface area contributed by atoms with E-state index in [-0.39, 0.29) is 23.2 Å². The van der Waals surface area contributed by atoms with E-state index in [1.54, 1.807) is 36.2 Å². The standard InChI is InChI=1S/C21H19NO4/c1-22(12-16-10-14-6-2-3-7-15(14)13-25-16)21(24)20-11-18(23)17-8-4-5-9-19(17)26-20/h2-9,11,16H,10,12-13H2,1H3/t16-/m0/s1. The molecule has 1 aliphatic heterocycles. The fraction of sp³-hybridized carbons (Fsp3) is 0.238. The highest BCUT2D eigenvalue weighted by Gasteiger charge is 2.24. The maximum atomic E-state index is 12.7. The molecule has 0 bridgehead atoms. The molecule has 1 aliphatic rings. The van der Waals surface area contributed by atoms with Crippen molar-refractivity contribution in [2.45, 2.75) is 19.1 Å². The molecular formula is C21H19NO4. The zero-order chi connectivity index (χ0) is 18.1. The highest BCUT2D eigenvalue weighted by Crippen LogP contribution is 2.21. The van der Waals surface area contributed by atoms with Gasteiger partial charge in [0, 0.05) is 26.1 Å². The fourth-order valence-corrected chi connectivity index (χ4v) is 3.31. The number of amides is 1. The Labute approximate surface area is 150 Å². The van der Waals surface area contributed by atoms with E-state index in [1.807, 2.05) is 12.1 Å². The van der Waals surface area contributed by atoms with Gasteiger partial charge in [-0.3, -0.25) is 9.59 Å². The summed E-state index contributed by atoms with van der Waals surface area (Å²) < 4.78 is 11.5. The number of rotatable bonds is 3. The van der Waals surface area contributed by atoms with Crippen molar-refractivity contribution in [2.24, 2.45) is 0 Å². The first kappa shape index (κ1) is 16.5. The van der Waals surface area contributed by atoms with Gasteiger partial charge in [0.2, 0.25) is 0 Å². The van der Waals surface area contributed by atoms with Crippen LogP contribution in [-0.2, 0) is 17.8 Å². The zero-order valence-electron chi connectivity index (χ0n) is 14.5. The Morgan fingerprint density at radius 2 is 1.85 bits per heavy atom. The lowest BCUT2D eigenvalue weighted by molar-refractivity contribution is 0.00921. The van der Waals surface area contributed by atoms with Crippen molar-refractivity contribution in [2.75, 3.05) is 13.6 Å². The van der Waals surface area contributed by atoms with Crippen LogP contribution in [-0.4, -0.2) is 30.5 Å². The van der Waals surface area contributed by atoms with Crippen LogP contribution in [0.3, 0.4) is 0 Å². The van der Waals surface area contributed by atoms with E-state index >= 15 is 0 Å². The Balaban J connectivity index is 1.51. The largest absolute Gasteiger partial charge is 0.451 e. The summed E-state index contributed by atoms with van der Waals surface area (Å²) in [5, 5.41) is 0.471. The van der Waals surface area contributed by atoms with Gasteiger partial charge in [-0.1, -0.05) is 36.4 Å². The van der Waals surface area contributed by atoms with Gasteiger partial charge >= 0.3 is 0 Å². The number of para-hydroxylation sites is 1. The SMILES string of the molecule is CN(C[C@@H]1Cc2ccccc2CO1)C(=O)c1cc(=O)c2ccccc2o1. The molecule has 2 heterocycles. The average Bonchev–Trinajstić information content (AvgIpc) is 2.67. The summed E-state index contributed by atoms with van der Waals surface area (Å²) in [5.74, 6) is -0.275. The molecule has 26 heavy (non-hydrogen) atoms. The molecule has 0 aliphatic carbocycles. The molecule has 2 aromatic carbocycles. The van der Waals surface area contributed by atoms with E-state index < -0.39 is 0 Å². The first-order valence-electron chi connectivity index (χ1n) is 8.58. The zero-order valence-corrected chi connectivity index (χ0v) is 14.5. The van der Waals surface area contributed by atoms with Gasteiger partial charge in [-0.2, -0.15) is 0 Å². The summed E-state index contributed by atoms with van der Waals surface area (Å²) in [7, 11) is 1.70. The number of ether oxygens (including phenoxy) is 1. The van der Waals surface area contributed by atoms with Gasteiger partial charge in [-0.15, -0.1) is 0 Å². The van der Waals surface area contributed by atoms with Crippen LogP contribution in [0.4, 0.5) is 0 Å². The molecule has 0 spiro atoms. The van der Waals surface area contributed by atoms with E-state index in [2.05, 4.69) is 12.1 Å². The molecule has 1 atom stereocenters. The summed E-state index contributed by atoms with van der Waals surface area (Å²) in [5.41, 5.74) is 2.64. The van der Waals surface area contributed by atoms with Crippen LogP contribution in [0.5, 0.6) is 0 Å². The van der Waals surface area contributed by atoms with Crippen molar-refractivity contribution in [1.29, 1.82) is 0 Å². The maximum absolute atomic E-state index is 12.7. The molecule has 5 nitrogen and oxygen atoms in total. The molecule has 132 valence electrons. The van der Waals surface area contributed by atoms with Gasteiger partial charge in [0.1, 0.15) is 5.58 Å². The highest BCUT2D eigenvalue weighted by molar-refractivity contribution is 5.93. The smallest absolute Gasteiger partial charge is 0.289 e. The molecule has 0 unspecified atom stereocenters.